The van der Waals surface area contributed by atoms with Crippen LogP contribution in [0.25, 0.3) is 0 Å². The number of rotatable bonds is 9. The Kier molecular flexibility index (Phi) is 8.38. The molecule has 0 aliphatic rings. The molecule has 0 bridgehead atoms. The second-order valence-corrected chi connectivity index (χ2v) is 9.07. The van der Waals surface area contributed by atoms with E-state index in [0.29, 0.717) is 23.4 Å². The van der Waals surface area contributed by atoms with Crippen molar-refractivity contribution in [2.75, 3.05) is 7.05 Å². The summed E-state index contributed by atoms with van der Waals surface area (Å²) in [6.45, 7) is 4.23. The average molecular weight is 464 g/mol. The predicted molar refractivity (Wildman–Crippen MR) is 131 cm³/mol. The minimum Gasteiger partial charge on any atom is -0.350 e. The molecule has 33 heavy (non-hydrogen) atoms. The Bertz CT molecular complexity index is 1060. The Morgan fingerprint density at radius 2 is 1.61 bits per heavy atom. The number of amides is 3. The van der Waals surface area contributed by atoms with E-state index >= 15 is 0 Å². The highest BCUT2D eigenvalue weighted by atomic mass is 32.1. The van der Waals surface area contributed by atoms with Crippen LogP contribution in [0, 0.1) is 0 Å². The molecule has 3 amide bonds. The first-order valence-electron chi connectivity index (χ1n) is 10.9. The molecule has 0 fully saturated rings. The van der Waals surface area contributed by atoms with Gasteiger partial charge < -0.3 is 15.5 Å². The zero-order chi connectivity index (χ0) is 23.8. The van der Waals surface area contributed by atoms with E-state index < -0.39 is 6.04 Å². The first kappa shape index (κ1) is 24.2. The summed E-state index contributed by atoms with van der Waals surface area (Å²) in [6.07, 6.45) is 0.388. The third kappa shape index (κ3) is 6.76. The summed E-state index contributed by atoms with van der Waals surface area (Å²) in [7, 11) is 1.78. The minimum absolute atomic E-state index is 0.0419. The van der Waals surface area contributed by atoms with Crippen LogP contribution in [0.1, 0.15) is 45.0 Å². The third-order valence-corrected chi connectivity index (χ3v) is 6.28. The first-order chi connectivity index (χ1) is 15.8. The largest absolute Gasteiger partial charge is 0.350 e. The molecule has 7 heteroatoms. The molecule has 2 N–H and O–H groups in total. The summed E-state index contributed by atoms with van der Waals surface area (Å²) in [5.41, 5.74) is 2.43. The smallest absolute Gasteiger partial charge is 0.262 e. The van der Waals surface area contributed by atoms with E-state index in [0.717, 1.165) is 11.1 Å². The van der Waals surface area contributed by atoms with Gasteiger partial charge in [-0.25, -0.2) is 0 Å². The van der Waals surface area contributed by atoms with Crippen molar-refractivity contribution in [3.8, 4) is 0 Å². The van der Waals surface area contributed by atoms with Crippen LogP contribution in [0.15, 0.2) is 72.1 Å². The number of hydrogen-bond donors (Lipinski definition) is 2. The van der Waals surface area contributed by atoms with Gasteiger partial charge in [-0.05, 0) is 48.6 Å². The van der Waals surface area contributed by atoms with E-state index in [9.17, 15) is 14.4 Å². The Hall–Kier alpha value is -3.45. The maximum absolute atomic E-state index is 13.0. The zero-order valence-electron chi connectivity index (χ0n) is 19.1. The molecule has 0 aliphatic heterocycles. The second-order valence-electron chi connectivity index (χ2n) is 8.12. The van der Waals surface area contributed by atoms with E-state index in [1.807, 2.05) is 61.7 Å². The number of thiophene rings is 1. The van der Waals surface area contributed by atoms with E-state index in [-0.39, 0.29) is 23.8 Å². The van der Waals surface area contributed by atoms with Crippen molar-refractivity contribution in [1.82, 2.24) is 15.5 Å². The van der Waals surface area contributed by atoms with E-state index in [1.54, 1.807) is 36.2 Å². The Labute approximate surface area is 198 Å². The topological polar surface area (TPSA) is 78.5 Å². The first-order valence-corrected chi connectivity index (χ1v) is 11.7. The van der Waals surface area contributed by atoms with Crippen LogP contribution >= 0.6 is 11.3 Å². The van der Waals surface area contributed by atoms with Gasteiger partial charge in [0.25, 0.3) is 11.8 Å². The van der Waals surface area contributed by atoms with Gasteiger partial charge in [-0.15, -0.1) is 11.3 Å². The van der Waals surface area contributed by atoms with Gasteiger partial charge in [-0.3, -0.25) is 14.4 Å². The molecule has 2 aromatic carbocycles. The number of carbonyl (C=O) groups excluding carboxylic acids is 3. The van der Waals surface area contributed by atoms with E-state index in [2.05, 4.69) is 10.6 Å². The van der Waals surface area contributed by atoms with Gasteiger partial charge in [0, 0.05) is 31.6 Å². The molecule has 3 aromatic rings. The highest BCUT2D eigenvalue weighted by Gasteiger charge is 2.22. The fourth-order valence-electron chi connectivity index (χ4n) is 3.21. The summed E-state index contributed by atoms with van der Waals surface area (Å²) in [4.78, 5) is 40.2. The van der Waals surface area contributed by atoms with Crippen molar-refractivity contribution in [1.29, 1.82) is 0 Å². The lowest BCUT2D eigenvalue weighted by atomic mass is 10.0. The van der Waals surface area contributed by atoms with Crippen molar-refractivity contribution in [2.45, 2.75) is 38.9 Å². The summed E-state index contributed by atoms with van der Waals surface area (Å²) < 4.78 is 0. The maximum atomic E-state index is 13.0. The van der Waals surface area contributed by atoms with Crippen molar-refractivity contribution < 1.29 is 14.4 Å². The molecule has 0 radical (unpaired) electrons. The molecule has 3 rings (SSSR count). The molecule has 0 saturated heterocycles. The van der Waals surface area contributed by atoms with Crippen LogP contribution in [0.2, 0.25) is 0 Å². The summed E-state index contributed by atoms with van der Waals surface area (Å²) in [6, 6.07) is 19.7. The lowest BCUT2D eigenvalue weighted by Gasteiger charge is -2.21. The Morgan fingerprint density at radius 3 is 2.21 bits per heavy atom. The quantitative estimate of drug-likeness (QED) is 0.505. The molecule has 1 heterocycles. The van der Waals surface area contributed by atoms with Crippen LogP contribution in [0.3, 0.4) is 0 Å². The van der Waals surface area contributed by atoms with Crippen LogP contribution in [-0.4, -0.2) is 41.8 Å². The van der Waals surface area contributed by atoms with Crippen LogP contribution in [0.5, 0.6) is 0 Å². The summed E-state index contributed by atoms with van der Waals surface area (Å²) in [5, 5.41) is 7.60. The fraction of sp³-hybridized carbons (Fsp3) is 0.269. The van der Waals surface area contributed by atoms with E-state index in [4.69, 9.17) is 0 Å². The maximum Gasteiger partial charge on any atom is 0.262 e. The molecule has 6 nitrogen and oxygen atoms in total. The number of benzene rings is 2. The SMILES string of the molecule is CC(C)N(C)C(=O)c1ccc(CNC(=O)C(Cc2ccccc2)NC(=O)c2cccs2)cc1. The molecular weight excluding hydrogens is 434 g/mol. The molecular formula is C26H29N3O3S. The molecule has 172 valence electrons. The number of hydrogen-bond acceptors (Lipinski definition) is 4. The van der Waals surface area contributed by atoms with Gasteiger partial charge >= 0.3 is 0 Å². The summed E-state index contributed by atoms with van der Waals surface area (Å²) in [5.74, 6) is -0.568. The minimum atomic E-state index is -0.706. The third-order valence-electron chi connectivity index (χ3n) is 5.41. The van der Waals surface area contributed by atoms with E-state index in [1.165, 1.54) is 11.3 Å². The van der Waals surface area contributed by atoms with Gasteiger partial charge in [-0.1, -0.05) is 48.5 Å². The lowest BCUT2D eigenvalue weighted by Crippen LogP contribution is -2.47. The van der Waals surface area contributed by atoms with Crippen LogP contribution in [-0.2, 0) is 17.8 Å². The van der Waals surface area contributed by atoms with Gasteiger partial charge in [0.05, 0.1) is 4.88 Å². The number of carbonyl (C=O) groups is 3. The molecule has 1 aromatic heterocycles. The van der Waals surface area contributed by atoms with Crippen molar-refractivity contribution in [2.24, 2.45) is 0 Å². The fourth-order valence-corrected chi connectivity index (χ4v) is 3.84. The Morgan fingerprint density at radius 1 is 0.909 bits per heavy atom. The highest BCUT2D eigenvalue weighted by Crippen LogP contribution is 2.11. The van der Waals surface area contributed by atoms with Gasteiger partial charge in [-0.2, -0.15) is 0 Å². The average Bonchev–Trinajstić information content (AvgIpc) is 3.37. The van der Waals surface area contributed by atoms with Crippen molar-refractivity contribution in [3.63, 3.8) is 0 Å². The monoisotopic (exact) mass is 463 g/mol. The number of nitrogens with zero attached hydrogens (tertiary/aromatic N) is 1. The molecule has 0 saturated carbocycles. The Balaban J connectivity index is 1.65. The van der Waals surface area contributed by atoms with Crippen LogP contribution in [0.4, 0.5) is 0 Å². The molecule has 0 aliphatic carbocycles. The predicted octanol–water partition coefficient (Wildman–Crippen LogP) is 3.89. The molecule has 1 unspecified atom stereocenters. The highest BCUT2D eigenvalue weighted by molar-refractivity contribution is 7.12. The van der Waals surface area contributed by atoms with Gasteiger partial charge in [0.15, 0.2) is 0 Å². The second kappa shape index (κ2) is 11.4. The lowest BCUT2D eigenvalue weighted by molar-refractivity contribution is -0.123. The standard InChI is InChI=1S/C26H29N3O3S/c1-18(2)29(3)26(32)21-13-11-20(12-14-21)17-27-24(30)22(16-19-8-5-4-6-9-19)28-25(31)23-10-7-15-33-23/h4-15,18,22H,16-17H2,1-3H3,(H,27,30)(H,28,31). The normalized spacial score (nSPS) is 11.6. The zero-order valence-corrected chi connectivity index (χ0v) is 19.9. The molecule has 1 atom stereocenters. The molecule has 0 spiro atoms. The van der Waals surface area contributed by atoms with Crippen molar-refractivity contribution >= 4 is 29.1 Å². The van der Waals surface area contributed by atoms with Gasteiger partial charge in [0.1, 0.15) is 6.04 Å². The van der Waals surface area contributed by atoms with Crippen molar-refractivity contribution in [3.05, 3.63) is 93.7 Å². The van der Waals surface area contributed by atoms with Crippen LogP contribution < -0.4 is 10.6 Å². The number of nitrogens with one attached hydrogen (secondary N) is 2. The summed E-state index contributed by atoms with van der Waals surface area (Å²) >= 11 is 1.33. The van der Waals surface area contributed by atoms with Gasteiger partial charge in [0.2, 0.25) is 5.91 Å².